The first-order valence-corrected chi connectivity index (χ1v) is 7.48. The van der Waals surface area contributed by atoms with Gasteiger partial charge in [0.2, 0.25) is 0 Å². The number of para-hydroxylation sites is 1. The molecule has 1 N–H and O–H groups in total. The highest BCUT2D eigenvalue weighted by Crippen LogP contribution is 2.43. The van der Waals surface area contributed by atoms with Gasteiger partial charge < -0.3 is 9.84 Å². The average Bonchev–Trinajstić information content (AvgIpc) is 2.65. The van der Waals surface area contributed by atoms with E-state index in [2.05, 4.69) is 30.1 Å². The lowest BCUT2D eigenvalue weighted by atomic mass is 9.81. The minimum Gasteiger partial charge on any atom is -0.508 e. The van der Waals surface area contributed by atoms with E-state index in [4.69, 9.17) is 4.74 Å². The van der Waals surface area contributed by atoms with Crippen molar-refractivity contribution >= 4 is 0 Å². The topological polar surface area (TPSA) is 32.7 Å². The number of rotatable bonds is 0. The number of fused-ring (bicyclic) bond motifs is 5. The molecule has 2 aliphatic rings. The molecule has 2 aromatic rings. The molecule has 2 atom stereocenters. The van der Waals surface area contributed by atoms with Crippen LogP contribution in [0, 0.1) is 0 Å². The van der Waals surface area contributed by atoms with E-state index in [1.807, 2.05) is 18.2 Å². The lowest BCUT2D eigenvalue weighted by molar-refractivity contribution is 0.134. The highest BCUT2D eigenvalue weighted by molar-refractivity contribution is 5.50. The number of hydrogen-bond donors (Lipinski definition) is 1. The minimum atomic E-state index is 0.268. The smallest absolute Gasteiger partial charge is 0.123 e. The summed E-state index contributed by atoms with van der Waals surface area (Å²) < 4.78 is 5.96. The Morgan fingerprint density at radius 2 is 2.00 bits per heavy atom. The van der Waals surface area contributed by atoms with Crippen LogP contribution in [0.1, 0.15) is 22.6 Å². The molecule has 108 valence electrons. The molecule has 0 radical (unpaired) electrons. The van der Waals surface area contributed by atoms with Gasteiger partial charge in [0, 0.05) is 18.0 Å². The van der Waals surface area contributed by atoms with Crippen LogP contribution in [-0.2, 0) is 6.42 Å². The molecule has 0 bridgehead atoms. The third-order valence-electron chi connectivity index (χ3n) is 4.81. The first kappa shape index (κ1) is 12.7. The number of hydrogen-bond acceptors (Lipinski definition) is 3. The van der Waals surface area contributed by atoms with Crippen molar-refractivity contribution in [3.8, 4) is 11.5 Å². The zero-order chi connectivity index (χ0) is 14.4. The van der Waals surface area contributed by atoms with Crippen molar-refractivity contribution in [2.24, 2.45) is 0 Å². The van der Waals surface area contributed by atoms with Crippen LogP contribution in [0.25, 0.3) is 0 Å². The van der Waals surface area contributed by atoms with Crippen molar-refractivity contribution in [3.63, 3.8) is 0 Å². The maximum Gasteiger partial charge on any atom is 0.123 e. The molecule has 2 aromatic carbocycles. The van der Waals surface area contributed by atoms with Crippen LogP contribution in [0.4, 0.5) is 0 Å². The fourth-order valence-electron chi connectivity index (χ4n) is 3.67. The van der Waals surface area contributed by atoms with Gasteiger partial charge in [-0.15, -0.1) is 0 Å². The zero-order valence-electron chi connectivity index (χ0n) is 12.1. The lowest BCUT2D eigenvalue weighted by Gasteiger charge is -2.37. The van der Waals surface area contributed by atoms with Gasteiger partial charge >= 0.3 is 0 Å². The summed E-state index contributed by atoms with van der Waals surface area (Å²) in [5.74, 6) is 1.59. The largest absolute Gasteiger partial charge is 0.508 e. The molecule has 3 nitrogen and oxygen atoms in total. The van der Waals surface area contributed by atoms with E-state index in [-0.39, 0.29) is 5.92 Å². The molecule has 0 unspecified atom stereocenters. The molecule has 21 heavy (non-hydrogen) atoms. The maximum absolute atomic E-state index is 9.94. The van der Waals surface area contributed by atoms with Crippen molar-refractivity contribution in [3.05, 3.63) is 59.2 Å². The molecule has 0 amide bonds. The van der Waals surface area contributed by atoms with Crippen molar-refractivity contribution in [2.45, 2.75) is 18.4 Å². The summed E-state index contributed by atoms with van der Waals surface area (Å²) in [5, 5.41) is 9.94. The Labute approximate surface area is 124 Å². The molecule has 2 heterocycles. The second kappa shape index (κ2) is 4.78. The van der Waals surface area contributed by atoms with Gasteiger partial charge in [-0.3, -0.25) is 4.90 Å². The third-order valence-corrected chi connectivity index (χ3v) is 4.81. The molecule has 0 fully saturated rings. The van der Waals surface area contributed by atoms with E-state index in [0.717, 1.165) is 18.7 Å². The first-order valence-electron chi connectivity index (χ1n) is 7.48. The Morgan fingerprint density at radius 1 is 1.14 bits per heavy atom. The van der Waals surface area contributed by atoms with Crippen molar-refractivity contribution in [2.75, 3.05) is 20.2 Å². The molecule has 4 rings (SSSR count). The van der Waals surface area contributed by atoms with Gasteiger partial charge in [-0.05, 0) is 42.8 Å². The fraction of sp³-hybridized carbons (Fsp3) is 0.333. The number of likely N-dealkylation sites (N-methyl/N-ethyl adjacent to an activating group) is 1. The quantitative estimate of drug-likeness (QED) is 0.806. The molecular formula is C18H19NO2. The summed E-state index contributed by atoms with van der Waals surface area (Å²) in [4.78, 5) is 2.39. The summed E-state index contributed by atoms with van der Waals surface area (Å²) in [5.41, 5.74) is 3.82. The molecule has 3 heteroatoms. The predicted molar refractivity (Wildman–Crippen MR) is 82.0 cm³/mol. The van der Waals surface area contributed by atoms with Crippen molar-refractivity contribution < 1.29 is 9.84 Å². The van der Waals surface area contributed by atoms with Crippen LogP contribution in [-0.4, -0.2) is 36.2 Å². The van der Waals surface area contributed by atoms with E-state index >= 15 is 0 Å². The van der Waals surface area contributed by atoms with Gasteiger partial charge in [-0.25, -0.2) is 0 Å². The summed E-state index contributed by atoms with van der Waals surface area (Å²) in [7, 11) is 2.17. The summed E-state index contributed by atoms with van der Waals surface area (Å²) in [6.45, 7) is 1.72. The van der Waals surface area contributed by atoms with Crippen LogP contribution in [0.3, 0.4) is 0 Å². The Balaban J connectivity index is 1.94. The number of aromatic hydroxyl groups is 1. The van der Waals surface area contributed by atoms with Crippen LogP contribution in [0.15, 0.2) is 42.5 Å². The van der Waals surface area contributed by atoms with Gasteiger partial charge in [-0.1, -0.05) is 24.3 Å². The third kappa shape index (κ3) is 2.00. The Kier molecular flexibility index (Phi) is 2.89. The number of phenols is 1. The molecular weight excluding hydrogens is 262 g/mol. The first-order chi connectivity index (χ1) is 10.2. The normalized spacial score (nSPS) is 24.2. The number of nitrogens with zero attached hydrogens (tertiary/aromatic N) is 1. The summed E-state index contributed by atoms with van der Waals surface area (Å²) in [6.07, 6.45) is 1.02. The van der Waals surface area contributed by atoms with E-state index in [1.165, 1.54) is 16.7 Å². The van der Waals surface area contributed by atoms with Crippen molar-refractivity contribution in [1.82, 2.24) is 4.90 Å². The van der Waals surface area contributed by atoms with Gasteiger partial charge in [0.1, 0.15) is 18.1 Å². The van der Waals surface area contributed by atoms with Crippen LogP contribution >= 0.6 is 0 Å². The van der Waals surface area contributed by atoms with E-state index in [9.17, 15) is 5.11 Å². The van der Waals surface area contributed by atoms with E-state index in [0.29, 0.717) is 18.4 Å². The van der Waals surface area contributed by atoms with Crippen LogP contribution in [0.5, 0.6) is 11.5 Å². The second-order valence-electron chi connectivity index (χ2n) is 6.01. The molecule has 0 saturated carbocycles. The van der Waals surface area contributed by atoms with Gasteiger partial charge in [-0.2, -0.15) is 0 Å². The molecule has 0 aromatic heterocycles. The highest BCUT2D eigenvalue weighted by Gasteiger charge is 2.37. The van der Waals surface area contributed by atoms with E-state index < -0.39 is 0 Å². The minimum absolute atomic E-state index is 0.268. The van der Waals surface area contributed by atoms with Gasteiger partial charge in [0.15, 0.2) is 0 Å². The Morgan fingerprint density at radius 3 is 2.90 bits per heavy atom. The van der Waals surface area contributed by atoms with E-state index in [1.54, 1.807) is 6.07 Å². The van der Waals surface area contributed by atoms with Gasteiger partial charge in [0.05, 0.1) is 6.04 Å². The SMILES string of the molecule is CN1CCc2ccc(O)cc2[C@@H]2c3ccccc3OC[C@H]21. The standard InChI is InChI=1S/C18H19NO2/c1-19-9-8-12-6-7-13(20)10-15(12)18-14-4-2-3-5-17(14)21-11-16(18)19/h2-7,10,16,18,20H,8-9,11H2,1H3/t16-,18+/m1/s1. The Bertz CT molecular complexity index is 683. The second-order valence-corrected chi connectivity index (χ2v) is 6.01. The van der Waals surface area contributed by atoms with Gasteiger partial charge in [0.25, 0.3) is 0 Å². The van der Waals surface area contributed by atoms with Crippen molar-refractivity contribution in [1.29, 1.82) is 0 Å². The monoisotopic (exact) mass is 281 g/mol. The molecule has 0 aliphatic carbocycles. The Hall–Kier alpha value is -2.00. The lowest BCUT2D eigenvalue weighted by Crippen LogP contribution is -2.43. The fourth-order valence-corrected chi connectivity index (χ4v) is 3.67. The summed E-state index contributed by atoms with van der Waals surface area (Å²) in [6, 6.07) is 14.4. The number of phenolic OH excluding ortho intramolecular Hbond substituents is 1. The number of benzene rings is 2. The molecule has 2 aliphatic heterocycles. The maximum atomic E-state index is 9.94. The zero-order valence-corrected chi connectivity index (χ0v) is 12.1. The summed E-state index contributed by atoms with van der Waals surface area (Å²) >= 11 is 0. The van der Waals surface area contributed by atoms with Crippen LogP contribution in [0.2, 0.25) is 0 Å². The number of ether oxygens (including phenoxy) is 1. The predicted octanol–water partition coefficient (Wildman–Crippen LogP) is 2.77. The molecule has 0 spiro atoms. The van der Waals surface area contributed by atoms with Crippen LogP contribution < -0.4 is 4.74 Å². The molecule has 0 saturated heterocycles. The highest BCUT2D eigenvalue weighted by atomic mass is 16.5. The average molecular weight is 281 g/mol.